The van der Waals surface area contributed by atoms with Gasteiger partial charge >= 0.3 is 12.1 Å². The van der Waals surface area contributed by atoms with Gasteiger partial charge in [-0.15, -0.1) is 0 Å². The van der Waals surface area contributed by atoms with Gasteiger partial charge in [-0.25, -0.2) is 19.0 Å². The Morgan fingerprint density at radius 1 is 1.02 bits per heavy atom. The van der Waals surface area contributed by atoms with Gasteiger partial charge in [0, 0.05) is 36.1 Å². The number of fused-ring (bicyclic) bond motifs is 5. The van der Waals surface area contributed by atoms with Crippen LogP contribution in [0.25, 0.3) is 22.3 Å². The first-order chi connectivity index (χ1) is 28.8. The zero-order valence-corrected chi connectivity index (χ0v) is 33.8. The van der Waals surface area contributed by atoms with Crippen molar-refractivity contribution in [2.24, 2.45) is 11.5 Å². The number of cyclic esters (lactones) is 1. The smallest absolute Gasteiger partial charge is 0.404 e. The average Bonchev–Trinajstić information content (AvgIpc) is 3.63. The Morgan fingerprint density at radius 2 is 1.67 bits per heavy atom. The third-order valence-electron chi connectivity index (χ3n) is 9.61. The van der Waals surface area contributed by atoms with Gasteiger partial charge in [0.1, 0.15) is 31.6 Å². The van der Waals surface area contributed by atoms with Crippen molar-refractivity contribution in [2.75, 3.05) is 32.2 Å². The van der Waals surface area contributed by atoms with Crippen molar-refractivity contribution in [1.82, 2.24) is 9.55 Å². The molecule has 326 valence electrons. The van der Waals surface area contributed by atoms with E-state index in [0.29, 0.717) is 59.8 Å². The molecular formula is C41H52FN5O13. The number of carbonyl (C=O) groups excluding carboxylic acids is 4. The summed E-state index contributed by atoms with van der Waals surface area (Å²) in [5.74, 6) is -1.57. The van der Waals surface area contributed by atoms with Gasteiger partial charge in [0.05, 0.1) is 66.7 Å². The van der Waals surface area contributed by atoms with E-state index in [9.17, 15) is 33.8 Å². The fraction of sp³-hybridized carbons (Fsp3) is 0.415. The summed E-state index contributed by atoms with van der Waals surface area (Å²) in [7, 11) is 1.00. The number of benzene rings is 2. The van der Waals surface area contributed by atoms with Crippen molar-refractivity contribution < 1.29 is 63.3 Å². The van der Waals surface area contributed by atoms with Crippen LogP contribution in [-0.2, 0) is 61.2 Å². The summed E-state index contributed by atoms with van der Waals surface area (Å²) in [6.45, 7) is 8.56. The number of aromatic nitrogens is 2. The molecule has 4 aliphatic rings. The monoisotopic (exact) mass is 841 g/mol. The molecule has 8 rings (SSSR count). The summed E-state index contributed by atoms with van der Waals surface area (Å²) in [6, 6.07) is 7.50. The molecule has 1 aliphatic carbocycles. The van der Waals surface area contributed by atoms with Crippen molar-refractivity contribution in [3.05, 3.63) is 85.4 Å². The first-order valence-electron chi connectivity index (χ1n) is 18.9. The predicted molar refractivity (Wildman–Crippen MR) is 216 cm³/mol. The molecule has 0 bridgehead atoms. The molecule has 2 aromatic carbocycles. The Kier molecular flexibility index (Phi) is 18.2. The number of ether oxygens (including phenoxy) is 3. The molecule has 0 spiro atoms. The summed E-state index contributed by atoms with van der Waals surface area (Å²) in [5.41, 5.74) is 16.6. The molecule has 1 fully saturated rings. The SMILES string of the molecule is C=O.CC.CO.Cc1c(F)cc2nc3c(c4c2c1CCC4)Cn1c-3cc2c(c1=O)COC(=O)C2O.NCC(=O)Nc1cc(COC(N)=O)ccc1O.OC1COCC(O)C1. The van der Waals surface area contributed by atoms with Crippen LogP contribution in [-0.4, -0.2) is 98.9 Å². The highest BCUT2D eigenvalue weighted by atomic mass is 19.1. The first kappa shape index (κ1) is 48.5. The summed E-state index contributed by atoms with van der Waals surface area (Å²) in [4.78, 5) is 59.1. The second-order valence-electron chi connectivity index (χ2n) is 13.3. The lowest BCUT2D eigenvalue weighted by atomic mass is 9.85. The minimum absolute atomic E-state index is 0.0406. The highest BCUT2D eigenvalue weighted by Crippen LogP contribution is 2.42. The van der Waals surface area contributed by atoms with Gasteiger partial charge in [-0.05, 0) is 66.6 Å². The standard InChI is InChI=1S/C22H17FN2O4.C10H13N3O4.C5H10O3.C2H6.CH4O.CH2O/c1-9-10-3-2-4-11-13-7-25-17(19(13)24-16(18(10)11)6-15(9)23)5-12-14(21(25)27)8-29-22(28)20(12)26;11-4-9(15)13-7-3-6(1-2-8(7)14)5-17-10(12)16;6-4-1-5(7)3-8-2-4;3*1-2/h5-6,20,26H,2-4,7-8H2,1H3;1-3,14H,4-5,11H2,(H2,12,16)(H,13,15);4-7H,1-3H2;1-2H3;2H,1H3;1H2. The quantitative estimate of drug-likeness (QED) is 0.0947. The van der Waals surface area contributed by atoms with Crippen LogP contribution in [0.3, 0.4) is 0 Å². The van der Waals surface area contributed by atoms with Crippen LogP contribution in [0.4, 0.5) is 14.9 Å². The second kappa shape index (κ2) is 22.5. The van der Waals surface area contributed by atoms with E-state index < -0.39 is 36.3 Å². The van der Waals surface area contributed by atoms with Gasteiger partial charge in [0.2, 0.25) is 5.91 Å². The maximum Gasteiger partial charge on any atom is 0.404 e. The van der Waals surface area contributed by atoms with Crippen LogP contribution in [0.1, 0.15) is 71.7 Å². The molecule has 5 heterocycles. The third-order valence-corrected chi connectivity index (χ3v) is 9.61. The lowest BCUT2D eigenvalue weighted by Crippen LogP contribution is -2.32. The number of anilines is 1. The Hall–Kier alpha value is -5.83. The number of aromatic hydroxyl groups is 1. The molecule has 4 aromatic rings. The zero-order chi connectivity index (χ0) is 44.8. The highest BCUT2D eigenvalue weighted by molar-refractivity contribution is 5.94. The lowest BCUT2D eigenvalue weighted by molar-refractivity contribution is -0.157. The predicted octanol–water partition coefficient (Wildman–Crippen LogP) is 1.91. The van der Waals surface area contributed by atoms with Gasteiger partial charge in [-0.3, -0.25) is 9.59 Å². The molecule has 18 nitrogen and oxygen atoms in total. The maximum absolute atomic E-state index is 14.5. The van der Waals surface area contributed by atoms with Crippen molar-refractivity contribution >= 4 is 41.3 Å². The number of nitrogens with zero attached hydrogens (tertiary/aromatic N) is 2. The molecule has 19 heteroatoms. The molecule has 10 N–H and O–H groups in total. The van der Waals surface area contributed by atoms with E-state index in [1.807, 2.05) is 20.6 Å². The topological polar surface area (TPSA) is 296 Å². The molecule has 1 saturated heterocycles. The van der Waals surface area contributed by atoms with Gasteiger partial charge in [-0.2, -0.15) is 0 Å². The molecular weight excluding hydrogens is 789 g/mol. The molecule has 60 heavy (non-hydrogen) atoms. The lowest BCUT2D eigenvalue weighted by Gasteiger charge is -2.22. The maximum atomic E-state index is 14.5. The van der Waals surface area contributed by atoms with E-state index >= 15 is 0 Å². The number of hydrogen-bond acceptors (Lipinski definition) is 15. The summed E-state index contributed by atoms with van der Waals surface area (Å²) < 4.78 is 30.4. The van der Waals surface area contributed by atoms with E-state index in [-0.39, 0.29) is 48.1 Å². The van der Waals surface area contributed by atoms with Crippen molar-refractivity contribution in [3.63, 3.8) is 0 Å². The summed E-state index contributed by atoms with van der Waals surface area (Å²) >= 11 is 0. The molecule has 3 atom stereocenters. The highest BCUT2D eigenvalue weighted by Gasteiger charge is 2.35. The largest absolute Gasteiger partial charge is 0.506 e. The Bertz CT molecular complexity index is 2220. The fourth-order valence-corrected chi connectivity index (χ4v) is 6.98. The van der Waals surface area contributed by atoms with Crippen LogP contribution in [0, 0.1) is 12.7 Å². The van der Waals surface area contributed by atoms with Gasteiger partial charge in [-0.1, -0.05) is 19.9 Å². The number of nitrogens with two attached hydrogens (primary N) is 2. The number of phenols is 1. The molecule has 2 aromatic heterocycles. The van der Waals surface area contributed by atoms with Crippen molar-refractivity contribution in [1.29, 1.82) is 0 Å². The van der Waals surface area contributed by atoms with Gasteiger partial charge in [0.25, 0.3) is 5.56 Å². The number of carbonyl (C=O) groups is 4. The number of aliphatic hydroxyl groups is 4. The van der Waals surface area contributed by atoms with E-state index in [1.165, 1.54) is 24.3 Å². The summed E-state index contributed by atoms with van der Waals surface area (Å²) in [5, 5.41) is 47.7. The fourth-order valence-electron chi connectivity index (χ4n) is 6.98. The average molecular weight is 842 g/mol. The number of halogens is 1. The van der Waals surface area contributed by atoms with Gasteiger partial charge < -0.3 is 65.9 Å². The number of pyridine rings is 2. The Balaban J connectivity index is 0.000000263. The number of primary amides is 1. The number of amides is 2. The van der Waals surface area contributed by atoms with E-state index in [4.69, 9.17) is 46.0 Å². The number of hydrogen-bond donors (Lipinski definition) is 8. The number of aryl methyl sites for hydroxylation is 2. The van der Waals surface area contributed by atoms with Gasteiger partial charge in [0.15, 0.2) is 6.10 Å². The first-order valence-corrected chi connectivity index (χ1v) is 18.9. The van der Waals surface area contributed by atoms with Crippen LogP contribution in [0.15, 0.2) is 35.1 Å². The Morgan fingerprint density at radius 3 is 2.27 bits per heavy atom. The Labute approximate surface area is 344 Å². The number of esters is 1. The van der Waals surface area contributed by atoms with Crippen LogP contribution in [0.2, 0.25) is 0 Å². The van der Waals surface area contributed by atoms with Crippen LogP contribution >= 0.6 is 0 Å². The van der Waals surface area contributed by atoms with Crippen LogP contribution < -0.4 is 22.3 Å². The minimum Gasteiger partial charge on any atom is -0.506 e. The molecule has 2 amide bonds. The molecule has 0 radical (unpaired) electrons. The number of aliphatic hydroxyl groups excluding tert-OH is 4. The molecule has 3 aliphatic heterocycles. The number of rotatable bonds is 4. The third kappa shape index (κ3) is 11.1. The molecule has 3 unspecified atom stereocenters. The summed E-state index contributed by atoms with van der Waals surface area (Å²) in [6.07, 6.45) is -0.243. The van der Waals surface area contributed by atoms with E-state index in [0.717, 1.165) is 48.4 Å². The van der Waals surface area contributed by atoms with Crippen molar-refractivity contribution in [3.8, 4) is 17.1 Å². The second-order valence-corrected chi connectivity index (χ2v) is 13.3. The number of nitrogens with one attached hydrogen (secondary N) is 1. The normalized spacial score (nSPS) is 17.5. The van der Waals surface area contributed by atoms with E-state index in [2.05, 4.69) is 10.1 Å². The molecule has 0 saturated carbocycles. The van der Waals surface area contributed by atoms with E-state index in [1.54, 1.807) is 17.6 Å². The van der Waals surface area contributed by atoms with Crippen LogP contribution in [0.5, 0.6) is 5.75 Å². The zero-order valence-electron chi connectivity index (χ0n) is 33.8. The number of phenolic OH excluding ortho intramolecular Hbond substituents is 1. The van der Waals surface area contributed by atoms with Crippen molar-refractivity contribution in [2.45, 2.75) is 84.5 Å². The minimum atomic E-state index is -1.48.